The Bertz CT molecular complexity index is 437. The summed E-state index contributed by atoms with van der Waals surface area (Å²) in [5, 5.41) is 2.94. The average Bonchev–Trinajstić information content (AvgIpc) is 2.51. The fourth-order valence-corrected chi connectivity index (χ4v) is 2.41. The molecule has 22 heavy (non-hydrogen) atoms. The molecular formula is C18H29FN2O. The molecule has 0 aromatic heterocycles. The molecule has 0 aliphatic heterocycles. The van der Waals surface area contributed by atoms with Crippen LogP contribution in [0.3, 0.4) is 0 Å². The summed E-state index contributed by atoms with van der Waals surface area (Å²) >= 11 is 0. The summed E-state index contributed by atoms with van der Waals surface area (Å²) < 4.78 is 13.3. The molecule has 1 aromatic rings. The molecule has 0 saturated carbocycles. The Labute approximate surface area is 133 Å². The predicted molar refractivity (Wildman–Crippen MR) is 90.8 cm³/mol. The van der Waals surface area contributed by atoms with Gasteiger partial charge in [-0.3, -0.25) is 4.90 Å². The maximum Gasteiger partial charge on any atom is 0.321 e. The molecule has 0 aliphatic carbocycles. The number of hydrogen-bond donors (Lipinski definition) is 1. The van der Waals surface area contributed by atoms with Gasteiger partial charge in [-0.25, -0.2) is 9.18 Å². The molecule has 4 heteroatoms. The van der Waals surface area contributed by atoms with E-state index in [1.54, 1.807) is 17.0 Å². The monoisotopic (exact) mass is 308 g/mol. The molecule has 0 atom stereocenters. The Kier molecular flexibility index (Phi) is 9.28. The fourth-order valence-electron chi connectivity index (χ4n) is 2.41. The smallest absolute Gasteiger partial charge is 0.321 e. The molecule has 1 aromatic carbocycles. The van der Waals surface area contributed by atoms with E-state index in [0.717, 1.165) is 19.3 Å². The van der Waals surface area contributed by atoms with E-state index in [0.29, 0.717) is 18.8 Å². The van der Waals surface area contributed by atoms with Crippen LogP contribution in [0.25, 0.3) is 0 Å². The zero-order chi connectivity index (χ0) is 16.2. The maximum atomic E-state index is 13.3. The van der Waals surface area contributed by atoms with E-state index in [1.165, 1.54) is 37.8 Å². The van der Waals surface area contributed by atoms with Crippen LogP contribution in [0, 0.1) is 5.82 Å². The van der Waals surface area contributed by atoms with Gasteiger partial charge in [0.1, 0.15) is 5.82 Å². The van der Waals surface area contributed by atoms with Crippen LogP contribution in [0.15, 0.2) is 24.3 Å². The molecule has 0 aliphatic rings. The molecule has 0 saturated heterocycles. The van der Waals surface area contributed by atoms with Crippen molar-refractivity contribution in [2.24, 2.45) is 0 Å². The topological polar surface area (TPSA) is 32.3 Å². The lowest BCUT2D eigenvalue weighted by molar-refractivity contribution is 0.246. The van der Waals surface area contributed by atoms with Gasteiger partial charge in [0.2, 0.25) is 0 Å². The Balaban J connectivity index is 2.39. The second-order valence-corrected chi connectivity index (χ2v) is 5.63. The minimum Gasteiger partial charge on any atom is -0.338 e. The molecule has 0 unspecified atom stereocenters. The van der Waals surface area contributed by atoms with Crippen LogP contribution in [-0.2, 0) is 0 Å². The third-order valence-corrected chi connectivity index (χ3v) is 3.62. The van der Waals surface area contributed by atoms with Gasteiger partial charge in [0.05, 0.1) is 0 Å². The van der Waals surface area contributed by atoms with Crippen molar-refractivity contribution >= 4 is 11.7 Å². The first-order valence-electron chi connectivity index (χ1n) is 8.50. The Morgan fingerprint density at radius 3 is 2.50 bits per heavy atom. The lowest BCUT2D eigenvalue weighted by atomic mass is 10.1. The van der Waals surface area contributed by atoms with Crippen LogP contribution in [0.2, 0.25) is 0 Å². The fraction of sp³-hybridized carbons (Fsp3) is 0.611. The maximum absolute atomic E-state index is 13.3. The second-order valence-electron chi connectivity index (χ2n) is 5.63. The van der Waals surface area contributed by atoms with Crippen molar-refractivity contribution in [2.75, 3.05) is 18.0 Å². The molecule has 0 heterocycles. The number of anilines is 1. The molecule has 2 amide bonds. The van der Waals surface area contributed by atoms with Crippen LogP contribution >= 0.6 is 0 Å². The standard InChI is InChI=1S/C18H29FN2O/c1-3-5-6-7-8-9-13-20-18(22)21(14-4-2)17-12-10-11-16(19)15-17/h10-12,15H,3-9,13-14H2,1-2H3,(H,20,22). The van der Waals surface area contributed by atoms with E-state index in [9.17, 15) is 9.18 Å². The van der Waals surface area contributed by atoms with Crippen LogP contribution in [0.4, 0.5) is 14.9 Å². The van der Waals surface area contributed by atoms with E-state index < -0.39 is 0 Å². The van der Waals surface area contributed by atoms with Crippen molar-refractivity contribution < 1.29 is 9.18 Å². The SMILES string of the molecule is CCCCCCCCNC(=O)N(CCC)c1cccc(F)c1. The van der Waals surface area contributed by atoms with Gasteiger partial charge in [0.25, 0.3) is 0 Å². The van der Waals surface area contributed by atoms with Crippen molar-refractivity contribution in [2.45, 2.75) is 58.8 Å². The van der Waals surface area contributed by atoms with Gasteiger partial charge in [-0.05, 0) is 31.0 Å². The lowest BCUT2D eigenvalue weighted by Crippen LogP contribution is -2.41. The largest absolute Gasteiger partial charge is 0.338 e. The minimum atomic E-state index is -0.317. The molecule has 0 radical (unpaired) electrons. The van der Waals surface area contributed by atoms with Crippen molar-refractivity contribution in [1.29, 1.82) is 0 Å². The van der Waals surface area contributed by atoms with Gasteiger partial charge in [-0.15, -0.1) is 0 Å². The van der Waals surface area contributed by atoms with Crippen molar-refractivity contribution in [1.82, 2.24) is 5.32 Å². The van der Waals surface area contributed by atoms with Gasteiger partial charge in [-0.1, -0.05) is 52.0 Å². The zero-order valence-corrected chi connectivity index (χ0v) is 13.9. The molecule has 124 valence electrons. The number of rotatable bonds is 10. The molecule has 3 nitrogen and oxygen atoms in total. The summed E-state index contributed by atoms with van der Waals surface area (Å²) in [4.78, 5) is 13.9. The minimum absolute atomic E-state index is 0.138. The number of halogens is 1. The molecule has 0 fully saturated rings. The third kappa shape index (κ3) is 6.92. The predicted octanol–water partition coefficient (Wildman–Crippen LogP) is 5.11. The van der Waals surface area contributed by atoms with Crippen LogP contribution in [0.5, 0.6) is 0 Å². The van der Waals surface area contributed by atoms with E-state index in [4.69, 9.17) is 0 Å². The van der Waals surface area contributed by atoms with E-state index in [-0.39, 0.29) is 11.8 Å². The van der Waals surface area contributed by atoms with Crippen molar-refractivity contribution in [3.63, 3.8) is 0 Å². The summed E-state index contributed by atoms with van der Waals surface area (Å²) in [6, 6.07) is 6.06. The molecular weight excluding hydrogens is 279 g/mol. The number of urea groups is 1. The number of unbranched alkanes of at least 4 members (excludes halogenated alkanes) is 5. The number of carbonyl (C=O) groups excluding carboxylic acids is 1. The van der Waals surface area contributed by atoms with Gasteiger partial charge >= 0.3 is 6.03 Å². The highest BCUT2D eigenvalue weighted by Gasteiger charge is 2.14. The Hall–Kier alpha value is -1.58. The summed E-state index contributed by atoms with van der Waals surface area (Å²) in [6.45, 7) is 5.48. The number of benzene rings is 1. The van der Waals surface area contributed by atoms with E-state index >= 15 is 0 Å². The number of nitrogens with one attached hydrogen (secondary N) is 1. The molecule has 1 rings (SSSR count). The first-order valence-corrected chi connectivity index (χ1v) is 8.50. The molecule has 0 bridgehead atoms. The highest BCUT2D eigenvalue weighted by molar-refractivity contribution is 5.91. The number of carbonyl (C=O) groups is 1. The molecule has 0 spiro atoms. The van der Waals surface area contributed by atoms with Gasteiger partial charge in [0, 0.05) is 18.8 Å². The van der Waals surface area contributed by atoms with Crippen LogP contribution < -0.4 is 10.2 Å². The number of nitrogens with zero attached hydrogens (tertiary/aromatic N) is 1. The van der Waals surface area contributed by atoms with E-state index in [2.05, 4.69) is 12.2 Å². The average molecular weight is 308 g/mol. The van der Waals surface area contributed by atoms with Gasteiger partial charge in [0.15, 0.2) is 0 Å². The number of hydrogen-bond acceptors (Lipinski definition) is 1. The Morgan fingerprint density at radius 1 is 1.09 bits per heavy atom. The number of amides is 2. The highest BCUT2D eigenvalue weighted by Crippen LogP contribution is 2.16. The van der Waals surface area contributed by atoms with Gasteiger partial charge < -0.3 is 5.32 Å². The zero-order valence-electron chi connectivity index (χ0n) is 13.9. The third-order valence-electron chi connectivity index (χ3n) is 3.62. The first kappa shape index (κ1) is 18.5. The van der Waals surface area contributed by atoms with Crippen LogP contribution in [-0.4, -0.2) is 19.1 Å². The highest BCUT2D eigenvalue weighted by atomic mass is 19.1. The van der Waals surface area contributed by atoms with E-state index in [1.807, 2.05) is 6.92 Å². The summed E-state index contributed by atoms with van der Waals surface area (Å²) in [5.41, 5.74) is 0.613. The lowest BCUT2D eigenvalue weighted by Gasteiger charge is -2.22. The second kappa shape index (κ2) is 11.0. The van der Waals surface area contributed by atoms with Crippen molar-refractivity contribution in [3.8, 4) is 0 Å². The quantitative estimate of drug-likeness (QED) is 0.598. The summed E-state index contributed by atoms with van der Waals surface area (Å²) in [6.07, 6.45) is 8.02. The first-order chi connectivity index (χ1) is 10.7. The van der Waals surface area contributed by atoms with Gasteiger partial charge in [-0.2, -0.15) is 0 Å². The summed E-state index contributed by atoms with van der Waals surface area (Å²) in [7, 11) is 0. The molecule has 1 N–H and O–H groups in total. The van der Waals surface area contributed by atoms with Crippen LogP contribution in [0.1, 0.15) is 58.8 Å². The Morgan fingerprint density at radius 2 is 1.82 bits per heavy atom. The normalized spacial score (nSPS) is 10.5. The summed E-state index contributed by atoms with van der Waals surface area (Å²) in [5.74, 6) is -0.317. The van der Waals surface area contributed by atoms with Crippen molar-refractivity contribution in [3.05, 3.63) is 30.1 Å².